The molecule has 2 atom stereocenters. The summed E-state index contributed by atoms with van der Waals surface area (Å²) in [6, 6.07) is 0. The molecule has 0 radical (unpaired) electrons. The van der Waals surface area contributed by atoms with Crippen molar-refractivity contribution in [1.82, 2.24) is 0 Å². The van der Waals surface area contributed by atoms with Crippen molar-refractivity contribution in [3.8, 4) is 11.8 Å². The summed E-state index contributed by atoms with van der Waals surface area (Å²) < 4.78 is 0. The summed E-state index contributed by atoms with van der Waals surface area (Å²) in [6.45, 7) is 6.33. The fraction of sp³-hybridized carbons (Fsp3) is 0.818. The largest absolute Gasteiger partial charge is 0.386 e. The summed E-state index contributed by atoms with van der Waals surface area (Å²) in [6.07, 6.45) is 0.684. The first-order valence-electron chi connectivity index (χ1n) is 4.86. The highest BCUT2D eigenvalue weighted by atomic mass is 16.3. The molecule has 0 aromatic heterocycles. The van der Waals surface area contributed by atoms with Crippen LogP contribution in [0.15, 0.2) is 0 Å². The number of hydrogen-bond donors (Lipinski definition) is 3. The van der Waals surface area contributed by atoms with Crippen molar-refractivity contribution in [3.63, 3.8) is 0 Å². The minimum Gasteiger partial charge on any atom is -0.386 e. The van der Waals surface area contributed by atoms with Crippen LogP contribution in [0.4, 0.5) is 0 Å². The van der Waals surface area contributed by atoms with E-state index < -0.39 is 17.3 Å². The standard InChI is InChI=1S/C11H20O3/c1-5-6-9(12)7-8-11(4,14)10(2,3)13/h9,12-14H,5-6H2,1-4H3. The van der Waals surface area contributed by atoms with Crippen LogP contribution in [0.1, 0.15) is 40.5 Å². The van der Waals surface area contributed by atoms with Crippen LogP contribution in [-0.2, 0) is 0 Å². The van der Waals surface area contributed by atoms with E-state index in [1.807, 2.05) is 6.92 Å². The Labute approximate surface area is 85.8 Å². The molecule has 3 nitrogen and oxygen atoms in total. The minimum atomic E-state index is -1.50. The van der Waals surface area contributed by atoms with Crippen LogP contribution in [0.5, 0.6) is 0 Å². The Morgan fingerprint density at radius 2 is 1.71 bits per heavy atom. The van der Waals surface area contributed by atoms with Crippen molar-refractivity contribution < 1.29 is 15.3 Å². The van der Waals surface area contributed by atoms with Crippen molar-refractivity contribution in [2.24, 2.45) is 0 Å². The lowest BCUT2D eigenvalue weighted by Crippen LogP contribution is -2.46. The number of hydrogen-bond acceptors (Lipinski definition) is 3. The molecular weight excluding hydrogens is 180 g/mol. The average Bonchev–Trinajstić information content (AvgIpc) is 1.99. The lowest BCUT2D eigenvalue weighted by Gasteiger charge is -2.30. The first-order valence-corrected chi connectivity index (χ1v) is 4.86. The highest BCUT2D eigenvalue weighted by Crippen LogP contribution is 2.19. The first kappa shape index (κ1) is 13.4. The smallest absolute Gasteiger partial charge is 0.150 e. The molecule has 0 heterocycles. The van der Waals surface area contributed by atoms with Gasteiger partial charge in [-0.25, -0.2) is 0 Å². The minimum absolute atomic E-state index is 0.578. The topological polar surface area (TPSA) is 60.7 Å². The molecule has 0 aliphatic heterocycles. The quantitative estimate of drug-likeness (QED) is 0.587. The first-order chi connectivity index (χ1) is 6.20. The van der Waals surface area contributed by atoms with Crippen molar-refractivity contribution in [1.29, 1.82) is 0 Å². The molecule has 0 amide bonds. The van der Waals surface area contributed by atoms with E-state index in [1.54, 1.807) is 0 Å². The fourth-order valence-electron chi connectivity index (χ4n) is 0.722. The highest BCUT2D eigenvalue weighted by molar-refractivity contribution is 5.19. The summed E-state index contributed by atoms with van der Waals surface area (Å²) >= 11 is 0. The van der Waals surface area contributed by atoms with E-state index in [1.165, 1.54) is 20.8 Å². The molecule has 0 aliphatic rings. The molecule has 14 heavy (non-hydrogen) atoms. The van der Waals surface area contributed by atoms with Gasteiger partial charge >= 0.3 is 0 Å². The third-order valence-electron chi connectivity index (χ3n) is 2.24. The molecule has 0 aliphatic carbocycles. The lowest BCUT2D eigenvalue weighted by atomic mass is 9.88. The predicted molar refractivity (Wildman–Crippen MR) is 55.6 cm³/mol. The maximum atomic E-state index is 9.73. The van der Waals surface area contributed by atoms with Crippen molar-refractivity contribution in [2.45, 2.75) is 57.8 Å². The van der Waals surface area contributed by atoms with E-state index in [9.17, 15) is 15.3 Å². The Kier molecular flexibility index (Phi) is 4.60. The van der Waals surface area contributed by atoms with Crippen LogP contribution in [-0.4, -0.2) is 32.6 Å². The monoisotopic (exact) mass is 200 g/mol. The van der Waals surface area contributed by atoms with Gasteiger partial charge in [0, 0.05) is 0 Å². The summed E-state index contributed by atoms with van der Waals surface area (Å²) in [5.41, 5.74) is -2.80. The molecule has 0 aromatic carbocycles. The van der Waals surface area contributed by atoms with E-state index in [4.69, 9.17) is 0 Å². The number of rotatable bonds is 3. The Morgan fingerprint density at radius 1 is 1.21 bits per heavy atom. The maximum Gasteiger partial charge on any atom is 0.150 e. The van der Waals surface area contributed by atoms with E-state index in [0.29, 0.717) is 6.42 Å². The second kappa shape index (κ2) is 4.79. The molecule has 0 spiro atoms. The number of aliphatic hydroxyl groups is 3. The van der Waals surface area contributed by atoms with E-state index in [2.05, 4.69) is 11.8 Å². The van der Waals surface area contributed by atoms with Crippen LogP contribution in [0, 0.1) is 11.8 Å². The van der Waals surface area contributed by atoms with Gasteiger partial charge in [-0.05, 0) is 27.2 Å². The maximum absolute atomic E-state index is 9.73. The lowest BCUT2D eigenvalue weighted by molar-refractivity contribution is -0.0822. The molecule has 0 fully saturated rings. The molecule has 3 heteroatoms. The normalized spacial score (nSPS) is 17.9. The summed E-state index contributed by atoms with van der Waals surface area (Å²) in [4.78, 5) is 0. The Balaban J connectivity index is 4.49. The second-order valence-corrected chi connectivity index (χ2v) is 4.21. The Hall–Kier alpha value is -0.560. The van der Waals surface area contributed by atoms with Crippen molar-refractivity contribution >= 4 is 0 Å². The van der Waals surface area contributed by atoms with Gasteiger partial charge in [0.25, 0.3) is 0 Å². The molecule has 0 bridgehead atoms. The van der Waals surface area contributed by atoms with Gasteiger partial charge in [-0.1, -0.05) is 25.2 Å². The van der Waals surface area contributed by atoms with Crippen LogP contribution in [0.3, 0.4) is 0 Å². The molecular formula is C11H20O3. The summed E-state index contributed by atoms with van der Waals surface area (Å²) in [5, 5.41) is 28.6. The fourth-order valence-corrected chi connectivity index (χ4v) is 0.722. The van der Waals surface area contributed by atoms with Crippen LogP contribution >= 0.6 is 0 Å². The van der Waals surface area contributed by atoms with E-state index in [-0.39, 0.29) is 0 Å². The SMILES string of the molecule is CCCC(O)C#CC(C)(O)C(C)(C)O. The van der Waals surface area contributed by atoms with E-state index >= 15 is 0 Å². The zero-order valence-electron chi connectivity index (χ0n) is 9.33. The predicted octanol–water partition coefficient (Wildman–Crippen LogP) is 0.673. The molecule has 0 saturated carbocycles. The molecule has 2 unspecified atom stereocenters. The molecule has 3 N–H and O–H groups in total. The summed E-state index contributed by atoms with van der Waals surface area (Å²) in [7, 11) is 0. The van der Waals surface area contributed by atoms with Crippen LogP contribution in [0.25, 0.3) is 0 Å². The van der Waals surface area contributed by atoms with Gasteiger partial charge in [-0.2, -0.15) is 0 Å². The Morgan fingerprint density at radius 3 is 2.07 bits per heavy atom. The Bertz CT molecular complexity index is 227. The zero-order valence-corrected chi connectivity index (χ0v) is 9.33. The highest BCUT2D eigenvalue weighted by Gasteiger charge is 2.35. The average molecular weight is 200 g/mol. The van der Waals surface area contributed by atoms with Gasteiger partial charge < -0.3 is 15.3 Å². The van der Waals surface area contributed by atoms with Gasteiger partial charge in [0.2, 0.25) is 0 Å². The van der Waals surface area contributed by atoms with E-state index in [0.717, 1.165) is 6.42 Å². The molecule has 0 saturated heterocycles. The zero-order chi connectivity index (χ0) is 11.4. The third kappa shape index (κ3) is 4.10. The van der Waals surface area contributed by atoms with Gasteiger partial charge in [0.05, 0.1) is 5.60 Å². The number of aliphatic hydroxyl groups excluding tert-OH is 1. The molecule has 0 aromatic rings. The van der Waals surface area contributed by atoms with Crippen molar-refractivity contribution in [2.75, 3.05) is 0 Å². The van der Waals surface area contributed by atoms with Gasteiger partial charge in [0.15, 0.2) is 5.60 Å². The van der Waals surface area contributed by atoms with Crippen LogP contribution in [0.2, 0.25) is 0 Å². The van der Waals surface area contributed by atoms with Gasteiger partial charge in [-0.15, -0.1) is 0 Å². The van der Waals surface area contributed by atoms with Gasteiger partial charge in [-0.3, -0.25) is 0 Å². The molecule has 82 valence electrons. The molecule has 0 rings (SSSR count). The summed E-state index contributed by atoms with van der Waals surface area (Å²) in [5.74, 6) is 5.01. The third-order valence-corrected chi connectivity index (χ3v) is 2.24. The van der Waals surface area contributed by atoms with Gasteiger partial charge in [0.1, 0.15) is 6.10 Å². The van der Waals surface area contributed by atoms with Crippen LogP contribution < -0.4 is 0 Å². The van der Waals surface area contributed by atoms with Crippen molar-refractivity contribution in [3.05, 3.63) is 0 Å². The second-order valence-electron chi connectivity index (χ2n) is 4.21.